The first-order valence-corrected chi connectivity index (χ1v) is 7.70. The molecule has 1 aliphatic heterocycles. The van der Waals surface area contributed by atoms with Crippen LogP contribution in [0.4, 0.5) is 5.69 Å². The quantitative estimate of drug-likeness (QED) is 0.823. The number of hydrogen-bond acceptors (Lipinski definition) is 3. The molecule has 0 radical (unpaired) electrons. The van der Waals surface area contributed by atoms with E-state index in [-0.39, 0.29) is 17.5 Å². The molecule has 0 bridgehead atoms. The van der Waals surface area contributed by atoms with Crippen LogP contribution in [0.1, 0.15) is 49.5 Å². The third kappa shape index (κ3) is 3.76. The Hall–Kier alpha value is -1.55. The van der Waals surface area contributed by atoms with Gasteiger partial charge in [0.25, 0.3) is 5.91 Å². The van der Waals surface area contributed by atoms with E-state index in [1.165, 1.54) is 0 Å². The van der Waals surface area contributed by atoms with Gasteiger partial charge in [0.05, 0.1) is 0 Å². The number of nitrogens with zero attached hydrogens (tertiary/aromatic N) is 1. The van der Waals surface area contributed by atoms with Crippen LogP contribution in [0.25, 0.3) is 0 Å². The molecule has 3 N–H and O–H groups in total. The van der Waals surface area contributed by atoms with E-state index in [2.05, 4.69) is 31.0 Å². The molecule has 0 atom stereocenters. The topological polar surface area (TPSA) is 58.4 Å². The van der Waals surface area contributed by atoms with Gasteiger partial charge in [-0.3, -0.25) is 9.69 Å². The second kappa shape index (κ2) is 6.06. The summed E-state index contributed by atoms with van der Waals surface area (Å²) in [5.74, 6) is -0.00555. The number of hydrogen-bond donors (Lipinski definition) is 2. The van der Waals surface area contributed by atoms with Crippen molar-refractivity contribution in [3.63, 3.8) is 0 Å². The third-order valence-electron chi connectivity index (χ3n) is 4.40. The Balaban J connectivity index is 1.95. The Bertz CT molecular complexity index is 511. The largest absolute Gasteiger partial charge is 0.398 e. The molecule has 4 nitrogen and oxygen atoms in total. The Morgan fingerprint density at radius 2 is 1.90 bits per heavy atom. The van der Waals surface area contributed by atoms with E-state index >= 15 is 0 Å². The van der Waals surface area contributed by atoms with Gasteiger partial charge in [-0.25, -0.2) is 0 Å². The molecule has 1 aliphatic rings. The molecule has 1 aromatic rings. The Morgan fingerprint density at radius 3 is 2.48 bits per heavy atom. The van der Waals surface area contributed by atoms with Crippen molar-refractivity contribution in [1.29, 1.82) is 0 Å². The van der Waals surface area contributed by atoms with Crippen LogP contribution < -0.4 is 11.1 Å². The van der Waals surface area contributed by atoms with Crippen molar-refractivity contribution in [2.24, 2.45) is 0 Å². The predicted octanol–water partition coefficient (Wildman–Crippen LogP) is 2.57. The van der Waals surface area contributed by atoms with Gasteiger partial charge in [0.15, 0.2) is 0 Å². The van der Waals surface area contributed by atoms with Crippen LogP contribution in [0.3, 0.4) is 0 Å². The molecule has 1 saturated heterocycles. The summed E-state index contributed by atoms with van der Waals surface area (Å²) in [5.41, 5.74) is 8.30. The molecule has 0 aliphatic carbocycles. The summed E-state index contributed by atoms with van der Waals surface area (Å²) in [7, 11) is 0. The lowest BCUT2D eigenvalue weighted by Gasteiger charge is -2.41. The molecule has 0 aromatic heterocycles. The van der Waals surface area contributed by atoms with E-state index in [4.69, 9.17) is 5.73 Å². The van der Waals surface area contributed by atoms with Gasteiger partial charge in [0.1, 0.15) is 0 Å². The normalized spacial score (nSPS) is 17.7. The average molecular weight is 289 g/mol. The van der Waals surface area contributed by atoms with Gasteiger partial charge in [-0.05, 0) is 58.2 Å². The molecule has 116 valence electrons. The smallest absolute Gasteiger partial charge is 0.251 e. The third-order valence-corrected chi connectivity index (χ3v) is 4.40. The number of piperidine rings is 1. The highest BCUT2D eigenvalue weighted by molar-refractivity contribution is 5.97. The fourth-order valence-electron chi connectivity index (χ4n) is 2.86. The molecule has 1 aromatic carbocycles. The van der Waals surface area contributed by atoms with Crippen molar-refractivity contribution < 1.29 is 4.79 Å². The maximum Gasteiger partial charge on any atom is 0.251 e. The monoisotopic (exact) mass is 289 g/mol. The average Bonchev–Trinajstić information content (AvgIpc) is 2.41. The second-order valence-corrected chi connectivity index (χ2v) is 6.93. The molecule has 1 amide bonds. The van der Waals surface area contributed by atoms with Gasteiger partial charge in [0, 0.05) is 35.9 Å². The Kier molecular flexibility index (Phi) is 4.57. The van der Waals surface area contributed by atoms with E-state index in [9.17, 15) is 4.79 Å². The molecule has 1 heterocycles. The lowest BCUT2D eigenvalue weighted by atomic mass is 9.97. The highest BCUT2D eigenvalue weighted by Crippen LogP contribution is 2.21. The molecule has 0 spiro atoms. The molecule has 0 saturated carbocycles. The minimum atomic E-state index is -0.00555. The first kappa shape index (κ1) is 15.8. The summed E-state index contributed by atoms with van der Waals surface area (Å²) in [6.07, 6.45) is 2.01. The van der Waals surface area contributed by atoms with E-state index in [1.807, 2.05) is 25.1 Å². The number of carbonyl (C=O) groups is 1. The van der Waals surface area contributed by atoms with Crippen molar-refractivity contribution in [2.45, 2.75) is 52.1 Å². The fourth-order valence-corrected chi connectivity index (χ4v) is 2.86. The van der Waals surface area contributed by atoms with E-state index in [0.717, 1.165) is 31.5 Å². The lowest BCUT2D eigenvalue weighted by molar-refractivity contribution is 0.0812. The number of rotatable bonds is 2. The standard InChI is InChI=1S/C17H27N3O/c1-12-14(6-5-7-15(12)18)16(21)19-13-8-10-20(11-9-13)17(2,3)4/h5-7,13H,8-11,18H2,1-4H3,(H,19,21). The number of nitrogens with one attached hydrogen (secondary N) is 1. The van der Waals surface area contributed by atoms with Crippen LogP contribution in [0.5, 0.6) is 0 Å². The van der Waals surface area contributed by atoms with Crippen molar-refractivity contribution in [3.8, 4) is 0 Å². The summed E-state index contributed by atoms with van der Waals surface area (Å²) in [6.45, 7) is 10.7. The lowest BCUT2D eigenvalue weighted by Crippen LogP contribution is -2.50. The van der Waals surface area contributed by atoms with Crippen LogP contribution in [0, 0.1) is 6.92 Å². The van der Waals surface area contributed by atoms with Crippen LogP contribution in [-0.4, -0.2) is 35.5 Å². The molecular weight excluding hydrogens is 262 g/mol. The Morgan fingerprint density at radius 1 is 1.29 bits per heavy atom. The zero-order chi connectivity index (χ0) is 15.6. The van der Waals surface area contributed by atoms with Crippen LogP contribution in [0.15, 0.2) is 18.2 Å². The van der Waals surface area contributed by atoms with Gasteiger partial charge >= 0.3 is 0 Å². The molecule has 21 heavy (non-hydrogen) atoms. The number of benzene rings is 1. The van der Waals surface area contributed by atoms with E-state index in [0.29, 0.717) is 11.3 Å². The fraction of sp³-hybridized carbons (Fsp3) is 0.588. The zero-order valence-electron chi connectivity index (χ0n) is 13.6. The van der Waals surface area contributed by atoms with Crippen LogP contribution in [-0.2, 0) is 0 Å². The van der Waals surface area contributed by atoms with Gasteiger partial charge in [-0.1, -0.05) is 6.07 Å². The first-order chi connectivity index (χ1) is 9.79. The first-order valence-electron chi connectivity index (χ1n) is 7.70. The SMILES string of the molecule is Cc1c(N)cccc1C(=O)NC1CCN(C(C)(C)C)CC1. The molecule has 0 unspecified atom stereocenters. The van der Waals surface area contributed by atoms with Crippen molar-refractivity contribution >= 4 is 11.6 Å². The van der Waals surface area contributed by atoms with E-state index in [1.54, 1.807) is 0 Å². The molecule has 4 heteroatoms. The predicted molar refractivity (Wildman–Crippen MR) is 87.4 cm³/mol. The minimum absolute atomic E-state index is 0.00555. The minimum Gasteiger partial charge on any atom is -0.398 e. The van der Waals surface area contributed by atoms with Gasteiger partial charge in [0.2, 0.25) is 0 Å². The summed E-state index contributed by atoms with van der Waals surface area (Å²) in [5, 5.41) is 3.15. The maximum absolute atomic E-state index is 12.4. The summed E-state index contributed by atoms with van der Waals surface area (Å²) < 4.78 is 0. The number of likely N-dealkylation sites (tertiary alicyclic amines) is 1. The number of anilines is 1. The number of carbonyl (C=O) groups excluding carboxylic acids is 1. The highest BCUT2D eigenvalue weighted by Gasteiger charge is 2.27. The summed E-state index contributed by atoms with van der Waals surface area (Å²) >= 11 is 0. The van der Waals surface area contributed by atoms with E-state index < -0.39 is 0 Å². The Labute approximate surface area is 127 Å². The van der Waals surface area contributed by atoms with Crippen LogP contribution in [0.2, 0.25) is 0 Å². The van der Waals surface area contributed by atoms with Crippen molar-refractivity contribution in [1.82, 2.24) is 10.2 Å². The maximum atomic E-state index is 12.4. The number of nitrogens with two attached hydrogens (primary N) is 1. The van der Waals surface area contributed by atoms with Gasteiger partial charge < -0.3 is 11.1 Å². The van der Waals surface area contributed by atoms with Gasteiger partial charge in [-0.2, -0.15) is 0 Å². The summed E-state index contributed by atoms with van der Waals surface area (Å²) in [4.78, 5) is 14.9. The molecule has 1 fully saturated rings. The number of amides is 1. The molecular formula is C17H27N3O. The summed E-state index contributed by atoms with van der Waals surface area (Å²) in [6, 6.07) is 5.76. The highest BCUT2D eigenvalue weighted by atomic mass is 16.1. The van der Waals surface area contributed by atoms with Gasteiger partial charge in [-0.15, -0.1) is 0 Å². The number of nitrogen functional groups attached to an aromatic ring is 1. The van der Waals surface area contributed by atoms with Crippen molar-refractivity contribution in [3.05, 3.63) is 29.3 Å². The molecule has 2 rings (SSSR count). The second-order valence-electron chi connectivity index (χ2n) is 6.93. The zero-order valence-corrected chi connectivity index (χ0v) is 13.6. The van der Waals surface area contributed by atoms with Crippen LogP contribution >= 0.6 is 0 Å². The van der Waals surface area contributed by atoms with Crippen molar-refractivity contribution in [2.75, 3.05) is 18.8 Å².